The van der Waals surface area contributed by atoms with Crippen LogP contribution in [0.25, 0.3) is 0 Å². The van der Waals surface area contributed by atoms with Crippen LogP contribution in [0.3, 0.4) is 0 Å². The van der Waals surface area contributed by atoms with Gasteiger partial charge in [0, 0.05) is 11.0 Å². The smallest absolute Gasteiger partial charge is 0.408 e. The second-order valence-electron chi connectivity index (χ2n) is 8.90. The molecule has 9 heteroatoms. The Bertz CT molecular complexity index is 1010. The maximum absolute atomic E-state index is 12.0. The lowest BCUT2D eigenvalue weighted by Crippen LogP contribution is -2.37. The summed E-state index contributed by atoms with van der Waals surface area (Å²) >= 11 is 0. The first-order valence-corrected chi connectivity index (χ1v) is 10.2. The van der Waals surface area contributed by atoms with Crippen LogP contribution in [0.4, 0.5) is 10.6 Å². The van der Waals surface area contributed by atoms with Gasteiger partial charge in [0.25, 0.3) is 0 Å². The average Bonchev–Trinajstić information content (AvgIpc) is 3.36. The zero-order valence-electron chi connectivity index (χ0n) is 18.1. The van der Waals surface area contributed by atoms with Crippen molar-refractivity contribution in [1.29, 1.82) is 0 Å². The molecule has 2 aliphatic rings. The van der Waals surface area contributed by atoms with E-state index < -0.39 is 17.6 Å². The fraction of sp³-hybridized carbons (Fsp3) is 0.455. The lowest BCUT2D eigenvalue weighted by atomic mass is 9.95. The van der Waals surface area contributed by atoms with Crippen LogP contribution in [-0.4, -0.2) is 40.7 Å². The Labute approximate surface area is 180 Å². The number of ether oxygens (including phenoxy) is 3. The van der Waals surface area contributed by atoms with Crippen LogP contribution in [-0.2, 0) is 14.9 Å². The molecule has 1 aromatic heterocycles. The van der Waals surface area contributed by atoms with E-state index in [-0.39, 0.29) is 17.8 Å². The number of anilines is 1. The Hall–Kier alpha value is -3.36. The fourth-order valence-electron chi connectivity index (χ4n) is 3.47. The van der Waals surface area contributed by atoms with E-state index in [0.29, 0.717) is 12.5 Å². The van der Waals surface area contributed by atoms with Crippen molar-refractivity contribution in [3.05, 3.63) is 35.7 Å². The van der Waals surface area contributed by atoms with E-state index in [2.05, 4.69) is 20.6 Å². The van der Waals surface area contributed by atoms with Crippen molar-refractivity contribution in [2.24, 2.45) is 0 Å². The molecule has 0 radical (unpaired) electrons. The molecule has 2 N–H and O–H groups in total. The molecule has 1 aliphatic heterocycles. The first-order chi connectivity index (χ1) is 14.7. The predicted molar refractivity (Wildman–Crippen MR) is 113 cm³/mol. The van der Waals surface area contributed by atoms with Crippen molar-refractivity contribution in [3.63, 3.8) is 0 Å². The number of nitrogens with zero attached hydrogens (tertiary/aromatic N) is 2. The number of hydrogen-bond donors (Lipinski definition) is 2. The molecule has 164 valence electrons. The average molecular weight is 426 g/mol. The van der Waals surface area contributed by atoms with E-state index in [1.165, 1.54) is 12.4 Å². The number of aryl methyl sites for hydroxylation is 1. The molecule has 0 unspecified atom stereocenters. The summed E-state index contributed by atoms with van der Waals surface area (Å²) in [5, 5.41) is 4.95. The maximum Gasteiger partial charge on any atom is 0.408 e. The van der Waals surface area contributed by atoms with E-state index >= 15 is 0 Å². The molecule has 0 saturated heterocycles. The molecule has 4 rings (SSSR count). The molecular formula is C22H26N4O5. The van der Waals surface area contributed by atoms with E-state index in [1.807, 2.05) is 19.1 Å². The number of carbonyl (C=O) groups excluding carboxylic acids is 2. The second-order valence-corrected chi connectivity index (χ2v) is 8.90. The molecule has 2 amide bonds. The molecule has 2 aromatic rings. The zero-order valence-corrected chi connectivity index (χ0v) is 18.1. The van der Waals surface area contributed by atoms with Crippen LogP contribution in [0.2, 0.25) is 0 Å². The lowest BCUT2D eigenvalue weighted by molar-refractivity contribution is -0.115. The normalized spacial score (nSPS) is 15.6. The third-order valence-corrected chi connectivity index (χ3v) is 5.10. The number of carbonyl (C=O) groups is 2. The lowest BCUT2D eigenvalue weighted by Gasteiger charge is -2.19. The molecule has 1 spiro atoms. The summed E-state index contributed by atoms with van der Waals surface area (Å²) in [7, 11) is 0. The number of alkyl carbamates (subject to hydrolysis) is 1. The van der Waals surface area contributed by atoms with Crippen LogP contribution in [0, 0.1) is 6.92 Å². The highest BCUT2D eigenvalue weighted by Gasteiger charge is 2.53. The van der Waals surface area contributed by atoms with Crippen LogP contribution in [0.15, 0.2) is 24.5 Å². The molecule has 0 atom stereocenters. The highest BCUT2D eigenvalue weighted by Crippen LogP contribution is 2.59. The summed E-state index contributed by atoms with van der Waals surface area (Å²) in [6.07, 6.45) is 4.36. The van der Waals surface area contributed by atoms with Gasteiger partial charge in [0.05, 0.1) is 19.0 Å². The highest BCUT2D eigenvalue weighted by molar-refractivity contribution is 5.92. The minimum atomic E-state index is -0.666. The second kappa shape index (κ2) is 7.72. The quantitative estimate of drug-likeness (QED) is 0.753. The number of hydrogen-bond acceptors (Lipinski definition) is 7. The van der Waals surface area contributed by atoms with E-state index in [4.69, 9.17) is 14.2 Å². The Morgan fingerprint density at radius 2 is 1.97 bits per heavy atom. The first-order valence-electron chi connectivity index (χ1n) is 10.2. The minimum absolute atomic E-state index is 0.0686. The number of fused-ring (bicyclic) bond motifs is 2. The van der Waals surface area contributed by atoms with Gasteiger partial charge in [0.15, 0.2) is 5.82 Å². The first kappa shape index (κ1) is 20.9. The van der Waals surface area contributed by atoms with Gasteiger partial charge in [-0.1, -0.05) is 6.07 Å². The van der Waals surface area contributed by atoms with Gasteiger partial charge in [-0.25, -0.2) is 14.8 Å². The molecule has 2 heterocycles. The standard InChI is InChI=1S/C22H26N4O5/c1-13-5-6-14(18-19(13)29-12-22(18)7-8-22)30-17-11-23-15(9-24-17)26-16(27)10-25-20(28)31-21(2,3)4/h5-6,9,11H,7-8,10,12H2,1-4H3,(H,25,28)(H,23,26,27). The monoisotopic (exact) mass is 426 g/mol. The Kier molecular flexibility index (Phi) is 5.20. The van der Waals surface area contributed by atoms with Gasteiger partial charge in [-0.2, -0.15) is 0 Å². The van der Waals surface area contributed by atoms with E-state index in [1.54, 1.807) is 20.8 Å². The van der Waals surface area contributed by atoms with Crippen LogP contribution >= 0.6 is 0 Å². The SMILES string of the molecule is Cc1ccc(Oc2cnc(NC(=O)CNC(=O)OC(C)(C)C)cn2)c2c1OCC21CC1. The molecule has 1 fully saturated rings. The van der Waals surface area contributed by atoms with Gasteiger partial charge in [-0.3, -0.25) is 4.79 Å². The van der Waals surface area contributed by atoms with Crippen molar-refractivity contribution in [3.8, 4) is 17.4 Å². The topological polar surface area (TPSA) is 112 Å². The van der Waals surface area contributed by atoms with Crippen LogP contribution in [0.1, 0.15) is 44.7 Å². The third kappa shape index (κ3) is 4.70. The van der Waals surface area contributed by atoms with Gasteiger partial charge < -0.3 is 24.8 Å². The molecule has 31 heavy (non-hydrogen) atoms. The summed E-state index contributed by atoms with van der Waals surface area (Å²) in [6, 6.07) is 3.90. The molecule has 1 aromatic carbocycles. The van der Waals surface area contributed by atoms with Crippen LogP contribution < -0.4 is 20.1 Å². The largest absolute Gasteiger partial charge is 0.492 e. The van der Waals surface area contributed by atoms with Crippen molar-refractivity contribution >= 4 is 17.8 Å². The Balaban J connectivity index is 1.35. The van der Waals surface area contributed by atoms with Crippen molar-refractivity contribution in [2.45, 2.75) is 51.6 Å². The zero-order chi connectivity index (χ0) is 22.2. The van der Waals surface area contributed by atoms with Crippen molar-refractivity contribution in [2.75, 3.05) is 18.5 Å². The van der Waals surface area contributed by atoms with E-state index in [0.717, 1.165) is 35.5 Å². The van der Waals surface area contributed by atoms with Gasteiger partial charge in [0.2, 0.25) is 11.8 Å². The minimum Gasteiger partial charge on any atom is -0.492 e. The van der Waals surface area contributed by atoms with Crippen LogP contribution in [0.5, 0.6) is 17.4 Å². The summed E-state index contributed by atoms with van der Waals surface area (Å²) in [4.78, 5) is 32.0. The maximum atomic E-state index is 12.0. The summed E-state index contributed by atoms with van der Waals surface area (Å²) in [5.41, 5.74) is 1.64. The van der Waals surface area contributed by atoms with Gasteiger partial charge in [0.1, 0.15) is 23.6 Å². The number of nitrogens with one attached hydrogen (secondary N) is 2. The summed E-state index contributed by atoms with van der Waals surface area (Å²) in [6.45, 7) is 7.71. The molecular weight excluding hydrogens is 400 g/mol. The number of benzene rings is 1. The highest BCUT2D eigenvalue weighted by atomic mass is 16.6. The van der Waals surface area contributed by atoms with Gasteiger partial charge in [-0.05, 0) is 52.2 Å². The van der Waals surface area contributed by atoms with E-state index in [9.17, 15) is 9.59 Å². The Morgan fingerprint density at radius 1 is 1.19 bits per heavy atom. The fourth-order valence-corrected chi connectivity index (χ4v) is 3.47. The number of rotatable bonds is 5. The molecule has 0 bridgehead atoms. The summed E-state index contributed by atoms with van der Waals surface area (Å²) < 4.78 is 17.0. The van der Waals surface area contributed by atoms with Crippen molar-refractivity contribution < 1.29 is 23.8 Å². The van der Waals surface area contributed by atoms with Gasteiger partial charge in [-0.15, -0.1) is 0 Å². The Morgan fingerprint density at radius 3 is 2.61 bits per heavy atom. The molecule has 9 nitrogen and oxygen atoms in total. The number of amides is 2. The molecule has 1 aliphatic carbocycles. The predicted octanol–water partition coefficient (Wildman–Crippen LogP) is 3.46. The number of aromatic nitrogens is 2. The van der Waals surface area contributed by atoms with Gasteiger partial charge >= 0.3 is 6.09 Å². The summed E-state index contributed by atoms with van der Waals surface area (Å²) in [5.74, 6) is 1.75. The van der Waals surface area contributed by atoms with Crippen molar-refractivity contribution in [1.82, 2.24) is 15.3 Å². The molecule has 1 saturated carbocycles. The third-order valence-electron chi connectivity index (χ3n) is 5.10.